The Kier molecular flexibility index (Phi) is 7.48. The van der Waals surface area contributed by atoms with Crippen molar-refractivity contribution >= 4 is 17.5 Å². The van der Waals surface area contributed by atoms with Crippen molar-refractivity contribution in [1.29, 1.82) is 5.41 Å². The van der Waals surface area contributed by atoms with Crippen molar-refractivity contribution in [2.24, 2.45) is 5.73 Å². The molecule has 1 aromatic carbocycles. The van der Waals surface area contributed by atoms with Gasteiger partial charge in [0.1, 0.15) is 23.0 Å². The molecule has 2 rings (SSSR count). The van der Waals surface area contributed by atoms with Crippen LogP contribution in [0.4, 0.5) is 22.0 Å². The van der Waals surface area contributed by atoms with Crippen LogP contribution in [0.2, 0.25) is 0 Å². The Bertz CT molecular complexity index is 844. The maximum absolute atomic E-state index is 13.6. The molecule has 1 aliphatic heterocycles. The molecule has 0 bridgehead atoms. The Morgan fingerprint density at radius 3 is 2.30 bits per heavy atom. The number of nitrogens with one attached hydrogen (secondary N) is 2. The molecule has 4 N–H and O–H groups in total. The summed E-state index contributed by atoms with van der Waals surface area (Å²) in [5, 5.41) is 9.78. The first-order valence-electron chi connectivity index (χ1n) is 8.66. The molecule has 0 radical (unpaired) electrons. The summed E-state index contributed by atoms with van der Waals surface area (Å²) in [6.45, 7) is -0.607. The molecule has 164 valence electrons. The number of Topliss-reactive ketones (excluding diaryl/α,β-unsaturated/α-hetero) is 1. The number of esters is 1. The summed E-state index contributed by atoms with van der Waals surface area (Å²) < 4.78 is 75.9. The average molecular weight is 435 g/mol. The monoisotopic (exact) mass is 435 g/mol. The van der Waals surface area contributed by atoms with Gasteiger partial charge in [-0.05, 0) is 25.0 Å². The van der Waals surface area contributed by atoms with Gasteiger partial charge in [0.2, 0.25) is 5.78 Å². The molecule has 1 fully saturated rings. The molecule has 30 heavy (non-hydrogen) atoms. The second kappa shape index (κ2) is 9.65. The molecule has 0 unspecified atom stereocenters. The summed E-state index contributed by atoms with van der Waals surface area (Å²) in [5.41, 5.74) is 1.16. The third-order valence-electron chi connectivity index (χ3n) is 4.16. The van der Waals surface area contributed by atoms with Crippen LogP contribution in [0.3, 0.4) is 0 Å². The van der Waals surface area contributed by atoms with Gasteiger partial charge in [-0.25, -0.2) is 13.6 Å². The number of hydrogen-bond acceptors (Lipinski definition) is 7. The number of ether oxygens (including phenoxy) is 2. The first-order valence-corrected chi connectivity index (χ1v) is 8.66. The van der Waals surface area contributed by atoms with Gasteiger partial charge in [-0.2, -0.15) is 13.2 Å². The van der Waals surface area contributed by atoms with Crippen molar-refractivity contribution in [3.8, 4) is 0 Å². The van der Waals surface area contributed by atoms with E-state index in [0.29, 0.717) is 26.1 Å². The number of benzene rings is 1. The predicted octanol–water partition coefficient (Wildman–Crippen LogP) is 2.21. The fourth-order valence-electron chi connectivity index (χ4n) is 2.66. The summed E-state index contributed by atoms with van der Waals surface area (Å²) in [4.78, 5) is 24.2. The van der Waals surface area contributed by atoms with Crippen LogP contribution in [0.5, 0.6) is 0 Å². The lowest BCUT2D eigenvalue weighted by Gasteiger charge is -2.25. The highest BCUT2D eigenvalue weighted by atomic mass is 19.4. The minimum atomic E-state index is -5.24. The third kappa shape index (κ3) is 5.75. The van der Waals surface area contributed by atoms with Gasteiger partial charge in [-0.1, -0.05) is 6.07 Å². The lowest BCUT2D eigenvalue weighted by Crippen LogP contribution is -2.41. The minimum absolute atomic E-state index is 0.324. The average Bonchev–Trinajstić information content (AvgIpc) is 2.66. The number of nitrogens with two attached hydrogens (primary N) is 1. The van der Waals surface area contributed by atoms with E-state index in [1.165, 1.54) is 0 Å². The Labute approximate surface area is 167 Å². The molecule has 1 saturated heterocycles. The van der Waals surface area contributed by atoms with Gasteiger partial charge in [0.05, 0.1) is 5.56 Å². The largest absolute Gasteiger partial charge is 0.454 e. The van der Waals surface area contributed by atoms with E-state index in [-0.39, 0.29) is 0 Å². The number of rotatable bonds is 7. The van der Waals surface area contributed by atoms with Crippen molar-refractivity contribution < 1.29 is 41.0 Å². The predicted molar refractivity (Wildman–Crippen MR) is 93.6 cm³/mol. The summed E-state index contributed by atoms with van der Waals surface area (Å²) in [6, 6.07) is 2.18. The van der Waals surface area contributed by atoms with Crippen molar-refractivity contribution in [3.05, 3.63) is 46.8 Å². The highest BCUT2D eigenvalue weighted by Gasteiger charge is 2.41. The molecular formula is C18H18F5N3O4. The van der Waals surface area contributed by atoms with Crippen molar-refractivity contribution in [2.45, 2.75) is 25.1 Å². The summed E-state index contributed by atoms with van der Waals surface area (Å²) in [7, 11) is 0. The second-order valence-electron chi connectivity index (χ2n) is 6.29. The van der Waals surface area contributed by atoms with Gasteiger partial charge >= 0.3 is 12.1 Å². The topological polar surface area (TPSA) is 114 Å². The molecule has 1 aromatic rings. The molecular weight excluding hydrogens is 417 g/mol. The zero-order valence-corrected chi connectivity index (χ0v) is 15.4. The Hall–Kier alpha value is -3.02. The van der Waals surface area contributed by atoms with Gasteiger partial charge in [0.15, 0.2) is 12.3 Å². The van der Waals surface area contributed by atoms with Crippen LogP contribution in [0, 0.1) is 17.0 Å². The standard InChI is InChI=1S/C18H18F5N3O4/c19-10-2-1-3-11(20)13(10)12(27)8-30-17(28)14(15(24)18(21,22)23)16(25)26-9-4-6-29-7-5-9/h1-3,9,24,26H,4-8,25H2/b16-14+,24-15?. The number of alkyl halides is 3. The highest BCUT2D eigenvalue weighted by molar-refractivity contribution is 6.21. The zero-order chi connectivity index (χ0) is 22.5. The SMILES string of the molecule is N=C(/C(C(=O)OCC(=O)c1c(F)cccc1F)=C(/N)NC1CCOCC1)C(F)(F)F. The molecule has 1 aliphatic rings. The first-order chi connectivity index (χ1) is 14.0. The van der Waals surface area contributed by atoms with E-state index in [2.05, 4.69) is 10.1 Å². The van der Waals surface area contributed by atoms with Crippen molar-refractivity contribution in [3.63, 3.8) is 0 Å². The normalized spacial score (nSPS) is 15.9. The van der Waals surface area contributed by atoms with Crippen molar-refractivity contribution in [1.82, 2.24) is 5.32 Å². The molecule has 7 nitrogen and oxygen atoms in total. The number of carbonyl (C=O) groups excluding carboxylic acids is 2. The maximum atomic E-state index is 13.6. The minimum Gasteiger partial charge on any atom is -0.454 e. The molecule has 0 amide bonds. The Morgan fingerprint density at radius 2 is 1.77 bits per heavy atom. The molecule has 0 aliphatic carbocycles. The summed E-state index contributed by atoms with van der Waals surface area (Å²) in [6.07, 6.45) is -4.45. The summed E-state index contributed by atoms with van der Waals surface area (Å²) >= 11 is 0. The van der Waals surface area contributed by atoms with Crippen LogP contribution in [-0.4, -0.2) is 49.5 Å². The van der Waals surface area contributed by atoms with Gasteiger partial charge in [0.25, 0.3) is 0 Å². The maximum Gasteiger partial charge on any atom is 0.433 e. The number of ketones is 1. The lowest BCUT2D eigenvalue weighted by molar-refractivity contribution is -0.138. The molecule has 1 heterocycles. The van der Waals surface area contributed by atoms with E-state index in [4.69, 9.17) is 15.9 Å². The Balaban J connectivity index is 2.21. The summed E-state index contributed by atoms with van der Waals surface area (Å²) in [5.74, 6) is -6.27. The first kappa shape index (κ1) is 23.3. The Morgan fingerprint density at radius 1 is 1.20 bits per heavy atom. The molecule has 0 saturated carbocycles. The number of halogens is 5. The van der Waals surface area contributed by atoms with Crippen LogP contribution < -0.4 is 11.1 Å². The fourth-order valence-corrected chi connectivity index (χ4v) is 2.66. The van der Waals surface area contributed by atoms with Crippen LogP contribution >= 0.6 is 0 Å². The van der Waals surface area contributed by atoms with E-state index in [0.717, 1.165) is 18.2 Å². The van der Waals surface area contributed by atoms with Crippen LogP contribution in [0.25, 0.3) is 0 Å². The van der Waals surface area contributed by atoms with Crippen molar-refractivity contribution in [2.75, 3.05) is 19.8 Å². The van der Waals surface area contributed by atoms with Crippen LogP contribution in [0.15, 0.2) is 29.6 Å². The third-order valence-corrected chi connectivity index (χ3v) is 4.16. The van der Waals surface area contributed by atoms with E-state index in [1.807, 2.05) is 0 Å². The van der Waals surface area contributed by atoms with E-state index >= 15 is 0 Å². The van der Waals surface area contributed by atoms with E-state index in [9.17, 15) is 31.5 Å². The zero-order valence-electron chi connectivity index (χ0n) is 15.4. The van der Waals surface area contributed by atoms with E-state index < -0.39 is 64.9 Å². The smallest absolute Gasteiger partial charge is 0.433 e. The van der Waals surface area contributed by atoms with Crippen LogP contribution in [-0.2, 0) is 14.3 Å². The highest BCUT2D eigenvalue weighted by Crippen LogP contribution is 2.23. The van der Waals surface area contributed by atoms with Crippen LogP contribution in [0.1, 0.15) is 23.2 Å². The molecule has 12 heteroatoms. The van der Waals surface area contributed by atoms with E-state index in [1.54, 1.807) is 0 Å². The fraction of sp³-hybridized carbons (Fsp3) is 0.389. The number of carbonyl (C=O) groups is 2. The lowest BCUT2D eigenvalue weighted by atomic mass is 10.1. The molecule has 0 aromatic heterocycles. The molecule has 0 spiro atoms. The molecule has 0 atom stereocenters. The van der Waals surface area contributed by atoms with Gasteiger partial charge in [-0.15, -0.1) is 0 Å². The second-order valence-corrected chi connectivity index (χ2v) is 6.29. The number of hydrogen-bond donors (Lipinski definition) is 3. The van der Waals surface area contributed by atoms with Gasteiger partial charge < -0.3 is 20.5 Å². The van der Waals surface area contributed by atoms with Gasteiger partial charge in [-0.3, -0.25) is 10.2 Å². The quantitative estimate of drug-likeness (QED) is 0.199. The van der Waals surface area contributed by atoms with Gasteiger partial charge in [0, 0.05) is 19.3 Å².